The van der Waals surface area contributed by atoms with Crippen molar-refractivity contribution >= 4 is 16.1 Å². The molecule has 1 heterocycles. The smallest absolute Gasteiger partial charge is 0.233 e. The van der Waals surface area contributed by atoms with Gasteiger partial charge in [-0.1, -0.05) is 48.5 Å². The lowest BCUT2D eigenvalue weighted by Crippen LogP contribution is -2.43. The Morgan fingerprint density at radius 2 is 1.83 bits per heavy atom. The minimum atomic E-state index is -3.65. The fourth-order valence-electron chi connectivity index (χ4n) is 2.63. The highest BCUT2D eigenvalue weighted by molar-refractivity contribution is 7.92. The van der Waals surface area contributed by atoms with Crippen LogP contribution in [0.5, 0.6) is 5.75 Å². The third-order valence-electron chi connectivity index (χ3n) is 3.97. The van der Waals surface area contributed by atoms with E-state index in [0.717, 1.165) is 11.0 Å². The number of hydrogen-bond donors (Lipinski definition) is 2. The van der Waals surface area contributed by atoms with Gasteiger partial charge in [0.05, 0.1) is 6.61 Å². The zero-order chi connectivity index (χ0) is 17.0. The molecule has 0 saturated carbocycles. The molecule has 5 nitrogen and oxygen atoms in total. The zero-order valence-corrected chi connectivity index (χ0v) is 13.9. The van der Waals surface area contributed by atoms with Gasteiger partial charge in [0.25, 0.3) is 0 Å². The second-order valence-electron chi connectivity index (χ2n) is 5.71. The maximum Gasteiger partial charge on any atom is 0.233 e. The van der Waals surface area contributed by atoms with E-state index in [-0.39, 0.29) is 6.54 Å². The topological polar surface area (TPSA) is 75.6 Å². The Morgan fingerprint density at radius 1 is 1.12 bits per heavy atom. The fraction of sp³-hybridized carbons (Fsp3) is 0.222. The van der Waals surface area contributed by atoms with Crippen molar-refractivity contribution in [1.82, 2.24) is 4.72 Å². The van der Waals surface area contributed by atoms with Crippen LogP contribution in [0.25, 0.3) is 6.08 Å². The summed E-state index contributed by atoms with van der Waals surface area (Å²) in [5.41, 5.74) is 0.117. The Balaban J connectivity index is 1.72. The highest BCUT2D eigenvalue weighted by Crippen LogP contribution is 2.36. The minimum Gasteiger partial charge on any atom is -0.493 e. The monoisotopic (exact) mass is 345 g/mol. The first kappa shape index (κ1) is 16.7. The van der Waals surface area contributed by atoms with Crippen molar-refractivity contribution in [2.75, 3.05) is 13.2 Å². The predicted octanol–water partition coefficient (Wildman–Crippen LogP) is 2.25. The van der Waals surface area contributed by atoms with Crippen molar-refractivity contribution < 1.29 is 18.3 Å². The van der Waals surface area contributed by atoms with Gasteiger partial charge < -0.3 is 9.84 Å². The van der Waals surface area contributed by atoms with E-state index < -0.39 is 15.6 Å². The molecule has 0 aromatic heterocycles. The molecule has 0 amide bonds. The summed E-state index contributed by atoms with van der Waals surface area (Å²) in [7, 11) is -3.65. The van der Waals surface area contributed by atoms with Gasteiger partial charge in [-0.05, 0) is 17.7 Å². The number of nitrogens with one attached hydrogen (secondary N) is 1. The maximum atomic E-state index is 12.2. The lowest BCUT2D eigenvalue weighted by Gasteiger charge is -2.34. The van der Waals surface area contributed by atoms with Gasteiger partial charge in [0.15, 0.2) is 0 Å². The quantitative estimate of drug-likeness (QED) is 0.871. The summed E-state index contributed by atoms with van der Waals surface area (Å²) in [6, 6.07) is 16.3. The molecule has 0 fully saturated rings. The third-order valence-corrected chi connectivity index (χ3v) is 5.01. The molecule has 2 aromatic carbocycles. The van der Waals surface area contributed by atoms with Crippen molar-refractivity contribution in [3.05, 3.63) is 71.1 Å². The summed E-state index contributed by atoms with van der Waals surface area (Å²) in [4.78, 5) is 0. The van der Waals surface area contributed by atoms with Gasteiger partial charge in [-0.2, -0.15) is 0 Å². The van der Waals surface area contributed by atoms with E-state index in [1.54, 1.807) is 18.2 Å². The van der Waals surface area contributed by atoms with Crippen LogP contribution in [0.2, 0.25) is 0 Å². The maximum absolute atomic E-state index is 12.2. The van der Waals surface area contributed by atoms with Crippen LogP contribution in [-0.2, 0) is 15.6 Å². The molecule has 3 rings (SSSR count). The summed E-state index contributed by atoms with van der Waals surface area (Å²) in [6.45, 7) is 0.240. The van der Waals surface area contributed by atoms with Gasteiger partial charge in [0.2, 0.25) is 10.0 Å². The van der Waals surface area contributed by atoms with E-state index in [9.17, 15) is 13.5 Å². The molecule has 0 spiro atoms. The summed E-state index contributed by atoms with van der Waals surface area (Å²) < 4.78 is 32.3. The number of hydrogen-bond acceptors (Lipinski definition) is 4. The first-order valence-electron chi connectivity index (χ1n) is 7.66. The molecule has 0 aliphatic carbocycles. The van der Waals surface area contributed by atoms with Crippen molar-refractivity contribution in [2.24, 2.45) is 0 Å². The molecule has 1 aliphatic rings. The third kappa shape index (κ3) is 3.84. The van der Waals surface area contributed by atoms with Crippen molar-refractivity contribution in [3.8, 4) is 5.75 Å². The Labute approximate surface area is 141 Å². The fourth-order valence-corrected chi connectivity index (χ4v) is 3.50. The van der Waals surface area contributed by atoms with Crippen LogP contribution in [-0.4, -0.2) is 26.7 Å². The number of rotatable bonds is 5. The lowest BCUT2D eigenvalue weighted by molar-refractivity contribution is 0.00226. The van der Waals surface area contributed by atoms with Crippen molar-refractivity contribution in [2.45, 2.75) is 12.0 Å². The molecule has 0 radical (unpaired) electrons. The predicted molar refractivity (Wildman–Crippen MR) is 92.8 cm³/mol. The number of fused-ring (bicyclic) bond motifs is 1. The minimum absolute atomic E-state index is 0.102. The first-order chi connectivity index (χ1) is 11.5. The molecule has 2 aromatic rings. The normalized spacial score (nSPS) is 20.5. The zero-order valence-electron chi connectivity index (χ0n) is 13.1. The second kappa shape index (κ2) is 6.76. The van der Waals surface area contributed by atoms with Crippen LogP contribution in [0.15, 0.2) is 60.0 Å². The number of sulfonamides is 1. The Morgan fingerprint density at radius 3 is 2.62 bits per heavy atom. The van der Waals surface area contributed by atoms with E-state index in [1.807, 2.05) is 36.4 Å². The molecule has 1 aliphatic heterocycles. The van der Waals surface area contributed by atoms with Crippen LogP contribution >= 0.6 is 0 Å². The average Bonchev–Trinajstić information content (AvgIpc) is 2.60. The van der Waals surface area contributed by atoms with Crippen LogP contribution < -0.4 is 9.46 Å². The molecule has 0 saturated heterocycles. The van der Waals surface area contributed by atoms with Gasteiger partial charge in [-0.3, -0.25) is 0 Å². The molecule has 6 heteroatoms. The van der Waals surface area contributed by atoms with Crippen LogP contribution in [0.1, 0.15) is 17.5 Å². The number of benzene rings is 2. The molecule has 126 valence electrons. The van der Waals surface area contributed by atoms with E-state index in [0.29, 0.717) is 24.3 Å². The van der Waals surface area contributed by atoms with Crippen molar-refractivity contribution in [3.63, 3.8) is 0 Å². The van der Waals surface area contributed by atoms with Crippen molar-refractivity contribution in [1.29, 1.82) is 0 Å². The Kier molecular flexibility index (Phi) is 4.71. The first-order valence-corrected chi connectivity index (χ1v) is 9.21. The van der Waals surface area contributed by atoms with Crippen LogP contribution in [0, 0.1) is 0 Å². The molecular weight excluding hydrogens is 326 g/mol. The Hall–Kier alpha value is -2.15. The summed E-state index contributed by atoms with van der Waals surface area (Å²) in [6.07, 6.45) is 1.85. The average molecular weight is 345 g/mol. The summed E-state index contributed by atoms with van der Waals surface area (Å²) >= 11 is 0. The van der Waals surface area contributed by atoms with E-state index in [1.165, 1.54) is 6.08 Å². The number of ether oxygens (including phenoxy) is 1. The Bertz CT molecular complexity index is 833. The SMILES string of the molecule is O=S(=O)(/C=C/c1ccccc1)NC[C@@]1(O)CCOc2ccccc21. The summed E-state index contributed by atoms with van der Waals surface area (Å²) in [5.74, 6) is 0.588. The highest BCUT2D eigenvalue weighted by atomic mass is 32.2. The number of aliphatic hydroxyl groups is 1. The van der Waals surface area contributed by atoms with Crippen LogP contribution in [0.4, 0.5) is 0 Å². The standard InChI is InChI=1S/C18H19NO4S/c20-18(11-12-23-17-9-5-4-8-16(17)18)14-19-24(21,22)13-10-15-6-2-1-3-7-15/h1-10,13,19-20H,11-12,14H2/b13-10+/t18-/m0/s1. The largest absolute Gasteiger partial charge is 0.493 e. The van der Waals surface area contributed by atoms with E-state index >= 15 is 0 Å². The highest BCUT2D eigenvalue weighted by Gasteiger charge is 2.36. The molecule has 24 heavy (non-hydrogen) atoms. The number of para-hydroxylation sites is 1. The van der Waals surface area contributed by atoms with Gasteiger partial charge in [-0.15, -0.1) is 0 Å². The lowest BCUT2D eigenvalue weighted by atomic mass is 9.88. The molecule has 0 bridgehead atoms. The van der Waals surface area contributed by atoms with E-state index in [4.69, 9.17) is 4.74 Å². The molecule has 1 atom stereocenters. The van der Waals surface area contributed by atoms with Gasteiger partial charge >= 0.3 is 0 Å². The van der Waals surface area contributed by atoms with Gasteiger partial charge in [0.1, 0.15) is 11.4 Å². The van der Waals surface area contributed by atoms with E-state index in [2.05, 4.69) is 4.72 Å². The van der Waals surface area contributed by atoms with Gasteiger partial charge in [-0.25, -0.2) is 13.1 Å². The molecule has 2 N–H and O–H groups in total. The second-order valence-corrected chi connectivity index (χ2v) is 7.36. The molecular formula is C18H19NO4S. The van der Waals surface area contributed by atoms with Crippen LogP contribution in [0.3, 0.4) is 0 Å². The molecule has 0 unspecified atom stereocenters. The summed E-state index contributed by atoms with van der Waals surface area (Å²) in [5, 5.41) is 11.9. The van der Waals surface area contributed by atoms with Gasteiger partial charge in [0, 0.05) is 23.9 Å².